The molecule has 0 bridgehead atoms. The maximum Gasteiger partial charge on any atom is 0.419 e. The van der Waals surface area contributed by atoms with E-state index in [-0.39, 0.29) is 28.1 Å². The lowest BCUT2D eigenvalue weighted by Gasteiger charge is -2.43. The van der Waals surface area contributed by atoms with Gasteiger partial charge in [0.05, 0.1) is 23.0 Å². The first-order valence-electron chi connectivity index (χ1n) is 11.8. The summed E-state index contributed by atoms with van der Waals surface area (Å²) in [7, 11) is 0. The van der Waals surface area contributed by atoms with E-state index in [9.17, 15) is 22.8 Å². The molecule has 3 aliphatic rings. The number of halogens is 4. The molecule has 7 nitrogen and oxygen atoms in total. The minimum absolute atomic E-state index is 0.0931. The molecule has 3 heterocycles. The summed E-state index contributed by atoms with van der Waals surface area (Å²) in [6.45, 7) is 2.59. The van der Waals surface area contributed by atoms with Crippen molar-refractivity contribution >= 4 is 40.5 Å². The molecule has 0 radical (unpaired) electrons. The van der Waals surface area contributed by atoms with Gasteiger partial charge in [0, 0.05) is 18.3 Å². The Bertz CT molecular complexity index is 1370. The van der Waals surface area contributed by atoms with E-state index in [1.807, 2.05) is 6.92 Å². The smallest absolute Gasteiger partial charge is 0.332 e. The molecule has 1 spiro atoms. The number of aromatic nitrogens is 1. The Balaban J connectivity index is 1.50. The van der Waals surface area contributed by atoms with Crippen molar-refractivity contribution in [3.8, 4) is 6.07 Å². The number of hydrogen-bond donors (Lipinski definition) is 0. The average molecular weight is 532 g/mol. The van der Waals surface area contributed by atoms with Gasteiger partial charge < -0.3 is 9.80 Å². The summed E-state index contributed by atoms with van der Waals surface area (Å²) >= 11 is 5.53. The molecule has 1 atom stereocenters. The van der Waals surface area contributed by atoms with Crippen molar-refractivity contribution in [1.82, 2.24) is 9.88 Å². The van der Waals surface area contributed by atoms with Crippen LogP contribution in [0, 0.1) is 17.1 Å². The third-order valence-corrected chi connectivity index (χ3v) is 7.54. The predicted octanol–water partition coefficient (Wildman–Crippen LogP) is 4.80. The standard InChI is InChI=1S/C25H21F4N5O2S/c1-2-4-15-13-32(15)21(35)17-6-5-14(10-19(17)26)34-23(37)33(22(36)24(34)7-3-8-24)16-9-18(25(27,28)29)20(11-30)31-12-16/h5-6,9-10,12,15H,2-4,7-8,13H2,1H3. The van der Waals surface area contributed by atoms with Crippen LogP contribution in [-0.4, -0.2) is 44.9 Å². The fourth-order valence-electron chi connectivity index (χ4n) is 5.07. The number of benzene rings is 1. The van der Waals surface area contributed by atoms with Gasteiger partial charge in [-0.05, 0) is 62.2 Å². The summed E-state index contributed by atoms with van der Waals surface area (Å²) in [5, 5.41) is 8.91. The topological polar surface area (TPSA) is 80.3 Å². The molecule has 2 saturated heterocycles. The van der Waals surface area contributed by atoms with E-state index in [2.05, 4.69) is 4.98 Å². The van der Waals surface area contributed by atoms with Gasteiger partial charge in [-0.2, -0.15) is 18.4 Å². The van der Waals surface area contributed by atoms with Crippen LogP contribution in [0.3, 0.4) is 0 Å². The van der Waals surface area contributed by atoms with Gasteiger partial charge in [-0.1, -0.05) is 13.3 Å². The highest BCUT2D eigenvalue weighted by Crippen LogP contribution is 2.48. The van der Waals surface area contributed by atoms with E-state index in [1.54, 1.807) is 4.90 Å². The normalized spacial score (nSPS) is 20.3. The summed E-state index contributed by atoms with van der Waals surface area (Å²) in [6.07, 6.45) is -0.716. The lowest BCUT2D eigenvalue weighted by Crippen LogP contribution is -2.55. The Morgan fingerprint density at radius 3 is 2.57 bits per heavy atom. The number of anilines is 2. The zero-order chi connectivity index (χ0) is 26.7. The number of amides is 2. The van der Waals surface area contributed by atoms with Crippen molar-refractivity contribution in [2.75, 3.05) is 16.3 Å². The molecule has 2 aromatic rings. The van der Waals surface area contributed by atoms with Gasteiger partial charge in [0.2, 0.25) is 0 Å². The quantitative estimate of drug-likeness (QED) is 0.314. The number of pyridine rings is 1. The molecule has 3 fully saturated rings. The third kappa shape index (κ3) is 3.92. The number of carbonyl (C=O) groups is 2. The first-order chi connectivity index (χ1) is 17.5. The van der Waals surface area contributed by atoms with Crippen molar-refractivity contribution in [2.24, 2.45) is 0 Å². The molecule has 192 valence electrons. The molecule has 0 N–H and O–H groups in total. The van der Waals surface area contributed by atoms with Crippen LogP contribution in [-0.2, 0) is 11.0 Å². The number of carbonyl (C=O) groups excluding carboxylic acids is 2. The largest absolute Gasteiger partial charge is 0.419 e. The van der Waals surface area contributed by atoms with Crippen molar-refractivity contribution in [1.29, 1.82) is 5.26 Å². The number of alkyl halides is 3. The molecular weight excluding hydrogens is 510 g/mol. The number of nitrogens with zero attached hydrogens (tertiary/aromatic N) is 5. The maximum absolute atomic E-state index is 15.2. The highest BCUT2D eigenvalue weighted by molar-refractivity contribution is 7.81. The lowest BCUT2D eigenvalue weighted by atomic mass is 9.75. The third-order valence-electron chi connectivity index (χ3n) is 7.17. The van der Waals surface area contributed by atoms with Gasteiger partial charge in [-0.3, -0.25) is 14.5 Å². The van der Waals surface area contributed by atoms with E-state index in [0.717, 1.165) is 30.0 Å². The molecule has 1 aromatic carbocycles. The molecule has 1 saturated carbocycles. The van der Waals surface area contributed by atoms with Gasteiger partial charge in [-0.25, -0.2) is 9.37 Å². The second kappa shape index (κ2) is 8.76. The Hall–Kier alpha value is -3.59. The Labute approximate surface area is 215 Å². The summed E-state index contributed by atoms with van der Waals surface area (Å²) in [5.74, 6) is -1.73. The van der Waals surface area contributed by atoms with Crippen molar-refractivity contribution in [2.45, 2.75) is 56.8 Å². The van der Waals surface area contributed by atoms with Crippen LogP contribution in [0.4, 0.5) is 28.9 Å². The number of hydrogen-bond acceptors (Lipinski definition) is 5. The van der Waals surface area contributed by atoms with Crippen LogP contribution in [0.25, 0.3) is 0 Å². The molecule has 2 amide bonds. The molecule has 37 heavy (non-hydrogen) atoms. The van der Waals surface area contributed by atoms with Crippen molar-refractivity contribution < 1.29 is 27.2 Å². The lowest BCUT2D eigenvalue weighted by molar-refractivity contribution is -0.138. The molecule has 1 aromatic heterocycles. The molecule has 5 rings (SSSR count). The van der Waals surface area contributed by atoms with E-state index in [4.69, 9.17) is 17.5 Å². The highest BCUT2D eigenvalue weighted by Gasteiger charge is 2.60. The first-order valence-corrected chi connectivity index (χ1v) is 12.2. The Kier molecular flexibility index (Phi) is 5.94. The number of nitriles is 1. The second-order valence-corrected chi connectivity index (χ2v) is 9.77. The molecule has 1 unspecified atom stereocenters. The van der Waals surface area contributed by atoms with Crippen LogP contribution in [0.15, 0.2) is 30.5 Å². The summed E-state index contributed by atoms with van der Waals surface area (Å²) < 4.78 is 55.8. The maximum atomic E-state index is 15.2. The minimum atomic E-state index is -4.87. The Morgan fingerprint density at radius 2 is 2.00 bits per heavy atom. The predicted molar refractivity (Wildman–Crippen MR) is 129 cm³/mol. The van der Waals surface area contributed by atoms with Crippen LogP contribution < -0.4 is 9.80 Å². The average Bonchev–Trinajstić information content (AvgIpc) is 3.54. The van der Waals surface area contributed by atoms with Gasteiger partial charge in [0.15, 0.2) is 10.8 Å². The molecule has 2 aliphatic heterocycles. The van der Waals surface area contributed by atoms with Crippen molar-refractivity contribution in [3.63, 3.8) is 0 Å². The zero-order valence-corrected chi connectivity index (χ0v) is 20.5. The zero-order valence-electron chi connectivity index (χ0n) is 19.7. The molecular formula is C25H21F4N5O2S. The van der Waals surface area contributed by atoms with E-state index < -0.39 is 40.6 Å². The minimum Gasteiger partial charge on any atom is -0.332 e. The second-order valence-electron chi connectivity index (χ2n) is 9.41. The van der Waals surface area contributed by atoms with Crippen LogP contribution in [0.5, 0.6) is 0 Å². The monoisotopic (exact) mass is 531 g/mol. The molecule has 1 aliphatic carbocycles. The van der Waals surface area contributed by atoms with Gasteiger partial charge in [0.1, 0.15) is 17.4 Å². The van der Waals surface area contributed by atoms with E-state index in [1.165, 1.54) is 23.1 Å². The highest BCUT2D eigenvalue weighted by atomic mass is 32.1. The number of rotatable bonds is 5. The summed E-state index contributed by atoms with van der Waals surface area (Å²) in [5.41, 5.74) is -3.37. The fourth-order valence-corrected chi connectivity index (χ4v) is 5.54. The van der Waals surface area contributed by atoms with Crippen LogP contribution in [0.2, 0.25) is 0 Å². The Morgan fingerprint density at radius 1 is 1.27 bits per heavy atom. The van der Waals surface area contributed by atoms with Gasteiger partial charge in [0.25, 0.3) is 11.8 Å². The number of thiocarbonyl (C=S) groups is 1. The fraction of sp³-hybridized carbons (Fsp3) is 0.400. The van der Waals surface area contributed by atoms with Gasteiger partial charge >= 0.3 is 6.18 Å². The molecule has 12 heteroatoms. The van der Waals surface area contributed by atoms with Crippen molar-refractivity contribution in [3.05, 3.63) is 53.1 Å². The van der Waals surface area contributed by atoms with Gasteiger partial charge in [-0.15, -0.1) is 0 Å². The summed E-state index contributed by atoms with van der Waals surface area (Å²) in [4.78, 5) is 33.9. The van der Waals surface area contributed by atoms with Crippen LogP contribution >= 0.6 is 12.2 Å². The SMILES string of the molecule is CCCC1CN1C(=O)c1ccc(N2C(=S)N(c3cnc(C#N)c(C(F)(F)F)c3)C(=O)C23CCC3)cc1F. The summed E-state index contributed by atoms with van der Waals surface area (Å²) in [6, 6.07) is 6.16. The van der Waals surface area contributed by atoms with E-state index >= 15 is 4.39 Å². The van der Waals surface area contributed by atoms with E-state index in [0.29, 0.717) is 31.9 Å². The first kappa shape index (κ1) is 25.1. The van der Waals surface area contributed by atoms with Crippen LogP contribution in [0.1, 0.15) is 60.6 Å².